The number of aromatic nitrogens is 3. The highest BCUT2D eigenvalue weighted by Crippen LogP contribution is 2.14. The average molecular weight is 217 g/mol. The molecule has 2 rings (SSSR count). The number of nitrogens with two attached hydrogens (primary N) is 1. The standard InChI is InChI=1S/C10H11N5O/c1-6-9(16)13-10(15-14-6)12-8-4-2-3-7(11)5-8/h2-5H,11H2,1H3,(H2,12,13,15,16). The smallest absolute Gasteiger partial charge is 0.273 e. The van der Waals surface area contributed by atoms with E-state index >= 15 is 0 Å². The second-order valence-corrected chi connectivity index (χ2v) is 3.34. The lowest BCUT2D eigenvalue weighted by Gasteiger charge is -2.04. The topological polar surface area (TPSA) is 96.7 Å². The minimum absolute atomic E-state index is 0.263. The summed E-state index contributed by atoms with van der Waals surface area (Å²) in [5.41, 5.74) is 7.06. The molecule has 0 spiro atoms. The zero-order chi connectivity index (χ0) is 11.5. The fourth-order valence-corrected chi connectivity index (χ4v) is 1.20. The lowest BCUT2D eigenvalue weighted by atomic mass is 10.3. The van der Waals surface area contributed by atoms with Crippen molar-refractivity contribution >= 4 is 17.3 Å². The SMILES string of the molecule is Cc1nnc(Nc2cccc(N)c2)[nH]c1=O. The van der Waals surface area contributed by atoms with Crippen LogP contribution in [0.3, 0.4) is 0 Å². The summed E-state index contributed by atoms with van der Waals surface area (Å²) in [5, 5.41) is 10.4. The first-order chi connectivity index (χ1) is 7.65. The third-order valence-corrected chi connectivity index (χ3v) is 2.01. The zero-order valence-corrected chi connectivity index (χ0v) is 8.69. The number of rotatable bonds is 2. The molecule has 0 aliphatic rings. The van der Waals surface area contributed by atoms with Crippen molar-refractivity contribution in [3.8, 4) is 0 Å². The van der Waals surface area contributed by atoms with Crippen molar-refractivity contribution in [1.29, 1.82) is 0 Å². The third-order valence-electron chi connectivity index (χ3n) is 2.01. The van der Waals surface area contributed by atoms with Crippen molar-refractivity contribution in [3.05, 3.63) is 40.3 Å². The molecule has 0 unspecified atom stereocenters. The van der Waals surface area contributed by atoms with Crippen LogP contribution < -0.4 is 16.6 Å². The Labute approximate surface area is 91.5 Å². The Morgan fingerprint density at radius 2 is 2.19 bits per heavy atom. The van der Waals surface area contributed by atoms with Gasteiger partial charge in [0.15, 0.2) is 0 Å². The first-order valence-electron chi connectivity index (χ1n) is 4.71. The number of hydrogen-bond acceptors (Lipinski definition) is 5. The van der Waals surface area contributed by atoms with E-state index in [-0.39, 0.29) is 5.56 Å². The lowest BCUT2D eigenvalue weighted by Crippen LogP contribution is -2.15. The molecule has 0 bridgehead atoms. The highest BCUT2D eigenvalue weighted by Gasteiger charge is 2.00. The van der Waals surface area contributed by atoms with Crippen molar-refractivity contribution in [2.75, 3.05) is 11.1 Å². The van der Waals surface area contributed by atoms with Crippen LogP contribution in [0.25, 0.3) is 0 Å². The van der Waals surface area contributed by atoms with Crippen molar-refractivity contribution in [1.82, 2.24) is 15.2 Å². The van der Waals surface area contributed by atoms with E-state index in [9.17, 15) is 4.79 Å². The van der Waals surface area contributed by atoms with Gasteiger partial charge in [-0.15, -0.1) is 10.2 Å². The number of benzene rings is 1. The first kappa shape index (κ1) is 10.2. The van der Waals surface area contributed by atoms with Gasteiger partial charge in [0.25, 0.3) is 5.56 Å². The van der Waals surface area contributed by atoms with E-state index in [2.05, 4.69) is 20.5 Å². The van der Waals surface area contributed by atoms with Crippen molar-refractivity contribution < 1.29 is 0 Å². The molecule has 82 valence electrons. The Kier molecular flexibility index (Phi) is 2.55. The molecule has 2 aromatic rings. The number of anilines is 3. The van der Waals surface area contributed by atoms with Crippen LogP contribution in [0.2, 0.25) is 0 Å². The summed E-state index contributed by atoms with van der Waals surface area (Å²) in [5.74, 6) is 0.293. The second-order valence-electron chi connectivity index (χ2n) is 3.34. The molecule has 0 atom stereocenters. The number of H-pyrrole nitrogens is 1. The minimum Gasteiger partial charge on any atom is -0.399 e. The quantitative estimate of drug-likeness (QED) is 0.646. The molecule has 1 heterocycles. The highest BCUT2D eigenvalue weighted by molar-refractivity contribution is 5.59. The Morgan fingerprint density at radius 3 is 2.88 bits per heavy atom. The number of nitrogens with one attached hydrogen (secondary N) is 2. The van der Waals surface area contributed by atoms with Gasteiger partial charge in [0.1, 0.15) is 5.69 Å². The predicted molar refractivity (Wildman–Crippen MR) is 61.5 cm³/mol. The summed E-state index contributed by atoms with van der Waals surface area (Å²) >= 11 is 0. The molecule has 0 aliphatic carbocycles. The zero-order valence-electron chi connectivity index (χ0n) is 8.69. The van der Waals surface area contributed by atoms with Crippen LogP contribution in [-0.2, 0) is 0 Å². The van der Waals surface area contributed by atoms with Gasteiger partial charge in [-0.25, -0.2) is 0 Å². The molecule has 1 aromatic carbocycles. The number of nitrogen functional groups attached to an aromatic ring is 1. The number of aromatic amines is 1. The molecule has 16 heavy (non-hydrogen) atoms. The van der Waals surface area contributed by atoms with E-state index in [1.54, 1.807) is 25.1 Å². The summed E-state index contributed by atoms with van der Waals surface area (Å²) in [7, 11) is 0. The van der Waals surface area contributed by atoms with Gasteiger partial charge in [0.2, 0.25) is 5.95 Å². The summed E-state index contributed by atoms with van der Waals surface area (Å²) in [6.45, 7) is 1.59. The van der Waals surface area contributed by atoms with Gasteiger partial charge in [0, 0.05) is 11.4 Å². The van der Waals surface area contributed by atoms with Gasteiger partial charge in [-0.3, -0.25) is 9.78 Å². The van der Waals surface area contributed by atoms with Crippen molar-refractivity contribution in [2.24, 2.45) is 0 Å². The van der Waals surface area contributed by atoms with Crippen LogP contribution in [0.5, 0.6) is 0 Å². The van der Waals surface area contributed by atoms with Gasteiger partial charge in [-0.1, -0.05) is 6.07 Å². The summed E-state index contributed by atoms with van der Waals surface area (Å²) in [4.78, 5) is 13.8. The minimum atomic E-state index is -0.263. The lowest BCUT2D eigenvalue weighted by molar-refractivity contribution is 0.908. The van der Waals surface area contributed by atoms with Crippen LogP contribution >= 0.6 is 0 Å². The fourth-order valence-electron chi connectivity index (χ4n) is 1.20. The normalized spacial score (nSPS) is 10.1. The van der Waals surface area contributed by atoms with E-state index in [1.807, 2.05) is 6.07 Å². The molecule has 6 nitrogen and oxygen atoms in total. The maximum atomic E-state index is 11.3. The average Bonchev–Trinajstić information content (AvgIpc) is 2.24. The number of hydrogen-bond donors (Lipinski definition) is 3. The number of aryl methyl sites for hydroxylation is 1. The fraction of sp³-hybridized carbons (Fsp3) is 0.100. The molecule has 0 saturated heterocycles. The van der Waals surface area contributed by atoms with E-state index in [0.29, 0.717) is 17.3 Å². The van der Waals surface area contributed by atoms with Gasteiger partial charge >= 0.3 is 0 Å². The highest BCUT2D eigenvalue weighted by atomic mass is 16.1. The Bertz CT molecular complexity index is 563. The molecule has 0 fully saturated rings. The Balaban J connectivity index is 2.27. The monoisotopic (exact) mass is 217 g/mol. The van der Waals surface area contributed by atoms with Crippen LogP contribution in [0.4, 0.5) is 17.3 Å². The van der Waals surface area contributed by atoms with Crippen LogP contribution in [0.1, 0.15) is 5.69 Å². The third kappa shape index (κ3) is 2.17. The molecule has 1 aromatic heterocycles. The maximum absolute atomic E-state index is 11.3. The molecular weight excluding hydrogens is 206 g/mol. The number of nitrogens with zero attached hydrogens (tertiary/aromatic N) is 2. The molecule has 0 aliphatic heterocycles. The summed E-state index contributed by atoms with van der Waals surface area (Å²) < 4.78 is 0. The Hall–Kier alpha value is -2.37. The van der Waals surface area contributed by atoms with Gasteiger partial charge in [-0.2, -0.15) is 0 Å². The predicted octanol–water partition coefficient (Wildman–Crippen LogP) is 0.799. The van der Waals surface area contributed by atoms with Gasteiger partial charge in [0.05, 0.1) is 0 Å². The van der Waals surface area contributed by atoms with Crippen molar-refractivity contribution in [2.45, 2.75) is 6.92 Å². The summed E-state index contributed by atoms with van der Waals surface area (Å²) in [6.07, 6.45) is 0. The molecule has 0 radical (unpaired) electrons. The Morgan fingerprint density at radius 1 is 1.38 bits per heavy atom. The molecule has 0 amide bonds. The van der Waals surface area contributed by atoms with E-state index in [1.165, 1.54) is 0 Å². The van der Waals surface area contributed by atoms with Gasteiger partial charge < -0.3 is 11.1 Å². The van der Waals surface area contributed by atoms with E-state index in [4.69, 9.17) is 5.73 Å². The molecule has 4 N–H and O–H groups in total. The van der Waals surface area contributed by atoms with E-state index in [0.717, 1.165) is 5.69 Å². The van der Waals surface area contributed by atoms with Crippen molar-refractivity contribution in [3.63, 3.8) is 0 Å². The van der Waals surface area contributed by atoms with Crippen LogP contribution in [0, 0.1) is 6.92 Å². The molecular formula is C10H11N5O. The van der Waals surface area contributed by atoms with Crippen LogP contribution in [0.15, 0.2) is 29.1 Å². The molecule has 0 saturated carbocycles. The van der Waals surface area contributed by atoms with E-state index < -0.39 is 0 Å². The summed E-state index contributed by atoms with van der Waals surface area (Å²) in [6, 6.07) is 7.13. The van der Waals surface area contributed by atoms with Crippen LogP contribution in [-0.4, -0.2) is 15.2 Å². The first-order valence-corrected chi connectivity index (χ1v) is 4.71. The maximum Gasteiger partial charge on any atom is 0.273 e. The van der Waals surface area contributed by atoms with Gasteiger partial charge in [-0.05, 0) is 25.1 Å². The second kappa shape index (κ2) is 4.01. The largest absolute Gasteiger partial charge is 0.399 e. The molecule has 6 heteroatoms.